The average Bonchev–Trinajstić information content (AvgIpc) is 2.56. The van der Waals surface area contributed by atoms with E-state index in [0.717, 1.165) is 19.6 Å². The number of nitrogens with one attached hydrogen (secondary N) is 1. The first-order chi connectivity index (χ1) is 8.29. The minimum atomic E-state index is 0.947. The fraction of sp³-hybridized carbons (Fsp3) is 0.571. The highest BCUT2D eigenvalue weighted by atomic mass is 15.2. The van der Waals surface area contributed by atoms with Gasteiger partial charge in [-0.15, -0.1) is 0 Å². The lowest BCUT2D eigenvalue weighted by atomic mass is 10.2. The Kier molecular flexibility index (Phi) is 4.40. The van der Waals surface area contributed by atoms with Crippen molar-refractivity contribution in [2.45, 2.75) is 13.0 Å². The van der Waals surface area contributed by atoms with Crippen molar-refractivity contribution < 1.29 is 0 Å². The molecule has 17 heavy (non-hydrogen) atoms. The van der Waals surface area contributed by atoms with E-state index in [9.17, 15) is 0 Å². The second-order valence-corrected chi connectivity index (χ2v) is 4.84. The molecule has 1 aromatic rings. The molecule has 1 aliphatic rings. The van der Waals surface area contributed by atoms with E-state index in [2.05, 4.69) is 46.4 Å². The molecule has 0 unspecified atom stereocenters. The van der Waals surface area contributed by atoms with Crippen molar-refractivity contribution in [1.29, 1.82) is 0 Å². The zero-order valence-corrected chi connectivity index (χ0v) is 10.9. The third-order valence-corrected chi connectivity index (χ3v) is 3.40. The molecule has 1 aromatic carbocycles. The predicted octanol–water partition coefficient (Wildman–Crippen LogP) is 1.55. The second-order valence-electron chi connectivity index (χ2n) is 4.84. The molecule has 0 amide bonds. The molecule has 3 nitrogen and oxygen atoms in total. The highest BCUT2D eigenvalue weighted by Gasteiger charge is 2.12. The third-order valence-electron chi connectivity index (χ3n) is 3.40. The fourth-order valence-electron chi connectivity index (χ4n) is 2.33. The summed E-state index contributed by atoms with van der Waals surface area (Å²) in [6.07, 6.45) is 1.26. The summed E-state index contributed by atoms with van der Waals surface area (Å²) in [5.41, 5.74) is 2.71. The first-order valence-corrected chi connectivity index (χ1v) is 6.46. The monoisotopic (exact) mass is 233 g/mol. The van der Waals surface area contributed by atoms with Crippen LogP contribution in [-0.2, 0) is 6.54 Å². The predicted molar refractivity (Wildman–Crippen MR) is 73.5 cm³/mol. The Bertz CT molecular complexity index is 334. The molecule has 1 N–H and O–H groups in total. The fourth-order valence-corrected chi connectivity index (χ4v) is 2.33. The van der Waals surface area contributed by atoms with E-state index < -0.39 is 0 Å². The maximum Gasteiger partial charge on any atom is 0.0366 e. The second kappa shape index (κ2) is 6.03. The van der Waals surface area contributed by atoms with Crippen molar-refractivity contribution in [2.75, 3.05) is 45.2 Å². The minimum Gasteiger partial charge on any atom is -0.370 e. The van der Waals surface area contributed by atoms with Gasteiger partial charge in [0.05, 0.1) is 0 Å². The van der Waals surface area contributed by atoms with Crippen LogP contribution in [0.5, 0.6) is 0 Å². The summed E-state index contributed by atoms with van der Waals surface area (Å²) in [4.78, 5) is 4.90. The van der Waals surface area contributed by atoms with Crippen molar-refractivity contribution in [3.8, 4) is 0 Å². The van der Waals surface area contributed by atoms with Gasteiger partial charge < -0.3 is 15.1 Å². The molecular formula is C14H23N3. The van der Waals surface area contributed by atoms with Crippen LogP contribution in [0.25, 0.3) is 0 Å². The van der Waals surface area contributed by atoms with Gasteiger partial charge >= 0.3 is 0 Å². The van der Waals surface area contributed by atoms with E-state index in [0.29, 0.717) is 0 Å². The van der Waals surface area contributed by atoms with E-state index in [1.807, 2.05) is 7.05 Å². The zero-order chi connectivity index (χ0) is 12.1. The van der Waals surface area contributed by atoms with Gasteiger partial charge in [0.1, 0.15) is 0 Å². The highest BCUT2D eigenvalue weighted by Crippen LogP contribution is 2.17. The number of rotatable bonds is 3. The van der Waals surface area contributed by atoms with Crippen LogP contribution in [0, 0.1) is 0 Å². The molecule has 1 fully saturated rings. The lowest BCUT2D eigenvalue weighted by Crippen LogP contribution is -2.28. The van der Waals surface area contributed by atoms with Crippen LogP contribution in [0.15, 0.2) is 24.3 Å². The number of anilines is 1. The van der Waals surface area contributed by atoms with Crippen molar-refractivity contribution in [3.63, 3.8) is 0 Å². The Balaban J connectivity index is 2.00. The number of hydrogen-bond acceptors (Lipinski definition) is 3. The zero-order valence-electron chi connectivity index (χ0n) is 10.9. The van der Waals surface area contributed by atoms with Crippen LogP contribution in [0.4, 0.5) is 5.69 Å². The van der Waals surface area contributed by atoms with Crippen LogP contribution in [-0.4, -0.2) is 45.2 Å². The molecule has 0 saturated carbocycles. The maximum atomic E-state index is 3.18. The Morgan fingerprint density at radius 1 is 1.06 bits per heavy atom. The average molecular weight is 233 g/mol. The van der Waals surface area contributed by atoms with Gasteiger partial charge in [0.15, 0.2) is 0 Å². The van der Waals surface area contributed by atoms with Gasteiger partial charge in [-0.3, -0.25) is 0 Å². The summed E-state index contributed by atoms with van der Waals surface area (Å²) >= 11 is 0. The largest absolute Gasteiger partial charge is 0.370 e. The molecule has 0 aliphatic carbocycles. The number of likely N-dealkylation sites (N-methyl/N-ethyl adjacent to an activating group) is 1. The van der Waals surface area contributed by atoms with E-state index in [4.69, 9.17) is 0 Å². The van der Waals surface area contributed by atoms with Crippen molar-refractivity contribution >= 4 is 5.69 Å². The molecule has 0 spiro atoms. The van der Waals surface area contributed by atoms with Gasteiger partial charge in [0, 0.05) is 31.9 Å². The summed E-state index contributed by atoms with van der Waals surface area (Å²) in [7, 11) is 4.19. The maximum absolute atomic E-state index is 3.18. The van der Waals surface area contributed by atoms with E-state index in [1.54, 1.807) is 0 Å². The quantitative estimate of drug-likeness (QED) is 0.854. The smallest absolute Gasteiger partial charge is 0.0366 e. The molecule has 1 saturated heterocycles. The Morgan fingerprint density at radius 3 is 2.53 bits per heavy atom. The molecule has 2 rings (SSSR count). The van der Waals surface area contributed by atoms with E-state index in [-0.39, 0.29) is 0 Å². The van der Waals surface area contributed by atoms with Crippen LogP contribution in [0.3, 0.4) is 0 Å². The van der Waals surface area contributed by atoms with Gasteiger partial charge in [0.2, 0.25) is 0 Å². The van der Waals surface area contributed by atoms with Crippen molar-refractivity contribution in [3.05, 3.63) is 29.8 Å². The van der Waals surface area contributed by atoms with Crippen LogP contribution >= 0.6 is 0 Å². The van der Waals surface area contributed by atoms with Crippen LogP contribution in [0.1, 0.15) is 12.0 Å². The Hall–Kier alpha value is -1.06. The number of benzene rings is 1. The van der Waals surface area contributed by atoms with E-state index in [1.165, 1.54) is 30.8 Å². The SMILES string of the molecule is CNCc1ccc(N2CCCN(C)CC2)cc1. The first kappa shape index (κ1) is 12.4. The lowest BCUT2D eigenvalue weighted by molar-refractivity contribution is 0.360. The molecule has 3 heteroatoms. The minimum absolute atomic E-state index is 0.947. The standard InChI is InChI=1S/C14H23N3/c1-15-12-13-4-6-14(7-5-13)17-9-3-8-16(2)10-11-17/h4-7,15H,3,8-12H2,1-2H3. The van der Waals surface area contributed by atoms with Crippen molar-refractivity contribution in [1.82, 2.24) is 10.2 Å². The molecule has 0 aromatic heterocycles. The molecule has 0 atom stereocenters. The molecule has 94 valence electrons. The summed E-state index contributed by atoms with van der Waals surface area (Å²) in [6.45, 7) is 5.65. The van der Waals surface area contributed by atoms with Crippen molar-refractivity contribution in [2.24, 2.45) is 0 Å². The van der Waals surface area contributed by atoms with Crippen LogP contribution < -0.4 is 10.2 Å². The Labute approximate surface area is 104 Å². The highest BCUT2D eigenvalue weighted by molar-refractivity contribution is 5.47. The number of hydrogen-bond donors (Lipinski definition) is 1. The summed E-state index contributed by atoms with van der Waals surface area (Å²) in [5.74, 6) is 0. The molecule has 1 heterocycles. The van der Waals surface area contributed by atoms with Gasteiger partial charge in [-0.25, -0.2) is 0 Å². The van der Waals surface area contributed by atoms with Gasteiger partial charge in [-0.05, 0) is 44.8 Å². The summed E-state index contributed by atoms with van der Waals surface area (Å²) in [5, 5.41) is 3.18. The summed E-state index contributed by atoms with van der Waals surface area (Å²) < 4.78 is 0. The topological polar surface area (TPSA) is 18.5 Å². The number of nitrogens with zero attached hydrogens (tertiary/aromatic N) is 2. The lowest BCUT2D eigenvalue weighted by Gasteiger charge is -2.23. The van der Waals surface area contributed by atoms with Crippen LogP contribution in [0.2, 0.25) is 0 Å². The normalized spacial score (nSPS) is 18.1. The molecule has 0 bridgehead atoms. The third kappa shape index (κ3) is 3.45. The van der Waals surface area contributed by atoms with Gasteiger partial charge in [-0.1, -0.05) is 12.1 Å². The van der Waals surface area contributed by atoms with Gasteiger partial charge in [0.25, 0.3) is 0 Å². The summed E-state index contributed by atoms with van der Waals surface area (Å²) in [6, 6.07) is 8.94. The molecular weight excluding hydrogens is 210 g/mol. The molecule has 1 aliphatic heterocycles. The Morgan fingerprint density at radius 2 is 1.82 bits per heavy atom. The first-order valence-electron chi connectivity index (χ1n) is 6.46. The van der Waals surface area contributed by atoms with Gasteiger partial charge in [-0.2, -0.15) is 0 Å². The molecule has 0 radical (unpaired) electrons. The van der Waals surface area contributed by atoms with E-state index >= 15 is 0 Å².